The fraction of sp³-hybridized carbons (Fsp3) is 0.947. The molecule has 0 aliphatic carbocycles. The molecule has 23 heavy (non-hydrogen) atoms. The predicted molar refractivity (Wildman–Crippen MR) is 98.0 cm³/mol. The number of amides is 1. The summed E-state index contributed by atoms with van der Waals surface area (Å²) < 4.78 is 0. The molecule has 0 rings (SSSR count). The molecule has 0 heterocycles. The Morgan fingerprint density at radius 1 is 0.870 bits per heavy atom. The van der Waals surface area contributed by atoms with Gasteiger partial charge >= 0.3 is 5.91 Å². The molecule has 2 N–H and O–H groups in total. The average Bonchev–Trinajstić information content (AvgIpc) is 2.53. The third-order valence-corrected chi connectivity index (χ3v) is 4.58. The second-order valence-corrected chi connectivity index (χ2v) is 7.13. The van der Waals surface area contributed by atoms with Crippen LogP contribution >= 0.6 is 0 Å². The smallest absolute Gasteiger partial charge is 0.313 e. The highest BCUT2D eigenvalue weighted by molar-refractivity contribution is 5.68. The van der Waals surface area contributed by atoms with E-state index in [0.29, 0.717) is 5.48 Å². The van der Waals surface area contributed by atoms with Crippen LogP contribution in [0.2, 0.25) is 0 Å². The lowest BCUT2D eigenvalue weighted by Gasteiger charge is -2.16. The maximum Gasteiger partial charge on any atom is 0.313 e. The van der Waals surface area contributed by atoms with Gasteiger partial charge in [0.1, 0.15) is 0 Å². The molecule has 0 aliphatic rings. The van der Waals surface area contributed by atoms with Crippen molar-refractivity contribution >= 4 is 5.91 Å². The molecule has 0 radical (unpaired) electrons. The highest BCUT2D eigenvalue weighted by Crippen LogP contribution is 2.17. The first kappa shape index (κ1) is 22.6. The van der Waals surface area contributed by atoms with Crippen LogP contribution in [0, 0.1) is 11.1 Å². The SMILES string of the molecule is CCCCCCCCCCCCC(CCCN(C)C)C(=O)[NH2+][O-]. The van der Waals surface area contributed by atoms with E-state index in [9.17, 15) is 10.0 Å². The quantitative estimate of drug-likeness (QED) is 0.346. The first-order chi connectivity index (χ1) is 11.1. The van der Waals surface area contributed by atoms with Gasteiger partial charge in [0.15, 0.2) is 0 Å². The van der Waals surface area contributed by atoms with Crippen LogP contribution < -0.4 is 5.48 Å². The van der Waals surface area contributed by atoms with Crippen molar-refractivity contribution in [3.05, 3.63) is 5.21 Å². The first-order valence-corrected chi connectivity index (χ1v) is 9.75. The van der Waals surface area contributed by atoms with Crippen molar-refractivity contribution in [3.63, 3.8) is 0 Å². The van der Waals surface area contributed by atoms with Crippen LogP contribution in [0.1, 0.15) is 90.4 Å². The fourth-order valence-corrected chi connectivity index (χ4v) is 3.06. The Morgan fingerprint density at radius 3 is 1.83 bits per heavy atom. The Morgan fingerprint density at radius 2 is 1.35 bits per heavy atom. The summed E-state index contributed by atoms with van der Waals surface area (Å²) in [5.41, 5.74) is 0.524. The van der Waals surface area contributed by atoms with Crippen LogP contribution in [0.3, 0.4) is 0 Å². The van der Waals surface area contributed by atoms with Gasteiger partial charge in [-0.25, -0.2) is 4.79 Å². The zero-order valence-electron chi connectivity index (χ0n) is 15.8. The molecule has 0 aliphatic heterocycles. The van der Waals surface area contributed by atoms with Gasteiger partial charge in [-0.05, 0) is 39.9 Å². The van der Waals surface area contributed by atoms with Crippen molar-refractivity contribution in [2.24, 2.45) is 5.92 Å². The summed E-state index contributed by atoms with van der Waals surface area (Å²) in [5, 5.41) is 10.8. The molecule has 4 nitrogen and oxygen atoms in total. The average molecular weight is 329 g/mol. The lowest BCUT2D eigenvalue weighted by molar-refractivity contribution is -0.504. The van der Waals surface area contributed by atoms with Crippen molar-refractivity contribution in [3.8, 4) is 0 Å². The number of nitrogens with two attached hydrogens (primary N) is 1. The van der Waals surface area contributed by atoms with E-state index in [0.717, 1.165) is 32.2 Å². The van der Waals surface area contributed by atoms with Crippen molar-refractivity contribution in [1.29, 1.82) is 0 Å². The molecule has 4 heteroatoms. The van der Waals surface area contributed by atoms with Crippen molar-refractivity contribution < 1.29 is 10.3 Å². The molecular weight excluding hydrogens is 288 g/mol. The summed E-state index contributed by atoms with van der Waals surface area (Å²) in [6.07, 6.45) is 15.8. The molecule has 1 unspecified atom stereocenters. The van der Waals surface area contributed by atoms with Crippen LogP contribution in [-0.2, 0) is 4.79 Å². The molecule has 0 bridgehead atoms. The van der Waals surface area contributed by atoms with Crippen LogP contribution in [0.4, 0.5) is 0 Å². The van der Waals surface area contributed by atoms with E-state index < -0.39 is 0 Å². The minimum Gasteiger partial charge on any atom is -0.628 e. The molecule has 0 fully saturated rings. The van der Waals surface area contributed by atoms with Gasteiger partial charge < -0.3 is 15.6 Å². The monoisotopic (exact) mass is 328 g/mol. The molecule has 0 aromatic carbocycles. The first-order valence-electron chi connectivity index (χ1n) is 9.75. The molecule has 0 aromatic heterocycles. The largest absolute Gasteiger partial charge is 0.628 e. The maximum absolute atomic E-state index is 11.7. The Balaban J connectivity index is 3.60. The van der Waals surface area contributed by atoms with Crippen LogP contribution in [0.5, 0.6) is 0 Å². The molecular formula is C19H40N2O2. The highest BCUT2D eigenvalue weighted by Gasteiger charge is 2.19. The Kier molecular flexibility index (Phi) is 16.1. The van der Waals surface area contributed by atoms with E-state index in [1.54, 1.807) is 0 Å². The normalized spacial score (nSPS) is 12.7. The minimum absolute atomic E-state index is 0.0403. The molecule has 0 saturated heterocycles. The van der Waals surface area contributed by atoms with Crippen molar-refractivity contribution in [2.45, 2.75) is 90.4 Å². The molecule has 1 atom stereocenters. The summed E-state index contributed by atoms with van der Waals surface area (Å²) in [6.45, 7) is 3.24. The fourth-order valence-electron chi connectivity index (χ4n) is 3.06. The predicted octanol–water partition coefficient (Wildman–Crippen LogP) is 3.84. The number of rotatable bonds is 16. The van der Waals surface area contributed by atoms with Gasteiger partial charge in [-0.3, -0.25) is 0 Å². The third kappa shape index (κ3) is 14.9. The lowest BCUT2D eigenvalue weighted by Crippen LogP contribution is -2.83. The van der Waals surface area contributed by atoms with E-state index in [1.165, 1.54) is 57.8 Å². The summed E-state index contributed by atoms with van der Waals surface area (Å²) >= 11 is 0. The van der Waals surface area contributed by atoms with E-state index in [4.69, 9.17) is 0 Å². The molecule has 1 amide bonds. The van der Waals surface area contributed by atoms with E-state index in [1.807, 2.05) is 14.1 Å². The minimum atomic E-state index is -0.195. The Bertz CT molecular complexity index is 270. The van der Waals surface area contributed by atoms with Gasteiger partial charge in [0.05, 0.1) is 5.92 Å². The van der Waals surface area contributed by atoms with Gasteiger partial charge in [0.25, 0.3) is 0 Å². The number of hydrogen-bond acceptors (Lipinski definition) is 3. The number of carbonyl (C=O) groups excluding carboxylic acids is 1. The van der Waals surface area contributed by atoms with Gasteiger partial charge in [0.2, 0.25) is 0 Å². The number of unbranched alkanes of at least 4 members (excludes halogenated alkanes) is 9. The zero-order valence-corrected chi connectivity index (χ0v) is 15.8. The molecule has 0 aromatic rings. The standard InChI is InChI=1S/C19H40N2O2/c1-4-5-6-7-8-9-10-11-12-13-15-18(19(22)20-23)16-14-17-21(2)3/h18H,4-17,20H2,1-3H3. The second kappa shape index (κ2) is 16.4. The van der Waals surface area contributed by atoms with Crippen LogP contribution in [0.25, 0.3) is 0 Å². The summed E-state index contributed by atoms with van der Waals surface area (Å²) in [7, 11) is 4.08. The molecule has 138 valence electrons. The van der Waals surface area contributed by atoms with Gasteiger partial charge in [-0.2, -0.15) is 0 Å². The summed E-state index contributed by atoms with van der Waals surface area (Å²) in [6, 6.07) is 0. The van der Waals surface area contributed by atoms with Gasteiger partial charge in [-0.15, -0.1) is 0 Å². The molecule has 0 spiro atoms. The van der Waals surface area contributed by atoms with Crippen LogP contribution in [0.15, 0.2) is 0 Å². The number of hydrogen-bond donors (Lipinski definition) is 1. The number of hydroxylamine groups is 1. The lowest BCUT2D eigenvalue weighted by atomic mass is 9.95. The van der Waals surface area contributed by atoms with E-state index in [2.05, 4.69) is 11.8 Å². The topological polar surface area (TPSA) is 60.0 Å². The second-order valence-electron chi connectivity index (χ2n) is 7.13. The molecule has 0 saturated carbocycles. The van der Waals surface area contributed by atoms with Crippen LogP contribution in [-0.4, -0.2) is 31.4 Å². The van der Waals surface area contributed by atoms with Gasteiger partial charge in [0, 0.05) is 0 Å². The number of carbonyl (C=O) groups is 1. The van der Waals surface area contributed by atoms with Crippen molar-refractivity contribution in [1.82, 2.24) is 4.90 Å². The van der Waals surface area contributed by atoms with E-state index in [-0.39, 0.29) is 11.8 Å². The van der Waals surface area contributed by atoms with Gasteiger partial charge in [-0.1, -0.05) is 71.1 Å². The van der Waals surface area contributed by atoms with Crippen molar-refractivity contribution in [2.75, 3.05) is 20.6 Å². The van der Waals surface area contributed by atoms with E-state index >= 15 is 0 Å². The zero-order chi connectivity index (χ0) is 17.3. The summed E-state index contributed by atoms with van der Waals surface area (Å²) in [5.74, 6) is -0.235. The third-order valence-electron chi connectivity index (χ3n) is 4.58. The maximum atomic E-state index is 11.7. The number of primary amides is 1. The Hall–Kier alpha value is -0.450. The Labute approximate surface area is 144 Å². The highest BCUT2D eigenvalue weighted by atomic mass is 16.5. The number of nitrogens with zero attached hydrogens (tertiary/aromatic N) is 1. The number of quaternary nitrogens is 1. The summed E-state index contributed by atoms with van der Waals surface area (Å²) in [4.78, 5) is 13.8.